The lowest BCUT2D eigenvalue weighted by Gasteiger charge is -2.42. The first-order chi connectivity index (χ1) is 51.8. The molecule has 2 aromatic heterocycles. The number of hydrogen-bond donors (Lipinski definition) is 4. The van der Waals surface area contributed by atoms with Crippen molar-refractivity contribution in [2.24, 2.45) is 23.1 Å². The molecule has 4 aliphatic rings. The van der Waals surface area contributed by atoms with E-state index in [0.717, 1.165) is 73.5 Å². The van der Waals surface area contributed by atoms with Crippen LogP contribution in [0.1, 0.15) is 162 Å². The van der Waals surface area contributed by atoms with E-state index < -0.39 is 12.1 Å². The molecule has 16 nitrogen and oxygen atoms in total. The third-order valence-corrected chi connectivity index (χ3v) is 21.7. The Hall–Kier alpha value is -8.80. The first-order valence-electron chi connectivity index (χ1n) is 38.9. The average Bonchev–Trinajstić information content (AvgIpc) is 1.40. The molecule has 1 aliphatic carbocycles. The number of hydrogen-bond acceptors (Lipinski definition) is 12. The molecular weight excluding hydrogens is 1330 g/mol. The zero-order chi connectivity index (χ0) is 74.1. The van der Waals surface area contributed by atoms with Crippen molar-refractivity contribution in [2.45, 2.75) is 215 Å². The van der Waals surface area contributed by atoms with Gasteiger partial charge < -0.3 is 46.4 Å². The van der Waals surface area contributed by atoms with Crippen LogP contribution in [0.2, 0.25) is 0 Å². The summed E-state index contributed by atoms with van der Waals surface area (Å²) in [7, 11) is 0. The number of aromatic nitrogens is 5. The van der Waals surface area contributed by atoms with Crippen LogP contribution in [0.25, 0.3) is 10.8 Å². The fraction of sp³-hybridized carbons (Fsp3) is 0.455. The number of carbonyl (C=O) groups is 2. The predicted molar refractivity (Wildman–Crippen MR) is 418 cm³/mol. The van der Waals surface area contributed by atoms with E-state index in [0.29, 0.717) is 58.5 Å². The molecule has 3 aliphatic heterocycles. The molecule has 0 spiro atoms. The van der Waals surface area contributed by atoms with Gasteiger partial charge in [0.2, 0.25) is 11.8 Å². The fourth-order valence-electron chi connectivity index (χ4n) is 15.6. The smallest absolute Gasteiger partial charge is 0.240 e. The molecule has 2 amide bonds. The van der Waals surface area contributed by atoms with E-state index >= 15 is 0 Å². The standard InChI is InChI=1S/C25H29FN4O2.C25H25FN2O.C23H27N5O.C15H31N/c26-21-8-6-19(7-9-21)14-24(27)25(31)30-16-23(32-17-20-4-2-1-3-5-20)15-22(30)10-12-29-13-11-28-18-29;26-22-9-5-17(6-10-22)13-24(28)25-15-21(11-12-27)23(16-29-25)20-8-7-18-3-1-2-4-19(18)14-20;24-21(15-19-7-3-1-4-8-19)22(29)27-13-11-23(12-14-27,16-28-18-25-17-26-28)20-9-5-2-6-10-20;1-2-14-16-15-12-10-8-6-4-3-5-7-9-11-13-15/h1-9,11,13,18,22-24H,10,12,14-17,27H2;1-10,14,21,23-25H,11,13,15-16,28H2;1-10,17-18,21H,11-16,24H2;15-16H,2-14H2,1H3/t22-,23+,24+;21-,23-,24+,25?;21-;/m001./s1. The maximum atomic E-state index is 13.3. The number of amides is 2. The molecule has 7 aromatic carbocycles. The molecule has 1 saturated carbocycles. The molecule has 9 aromatic rings. The number of fused-ring (bicyclic) bond motifs is 1. The van der Waals surface area contributed by atoms with Crippen molar-refractivity contribution in [1.82, 2.24) is 39.4 Å². The molecule has 562 valence electrons. The molecule has 18 heteroatoms. The monoisotopic (exact) mass is 1440 g/mol. The number of carbonyl (C=O) groups excluding carboxylic acids is 2. The molecule has 13 rings (SSSR count). The highest BCUT2D eigenvalue weighted by Crippen LogP contribution is 2.40. The van der Waals surface area contributed by atoms with E-state index in [1.165, 1.54) is 130 Å². The number of halogens is 2. The van der Waals surface area contributed by atoms with E-state index in [2.05, 4.69) is 88.0 Å². The summed E-state index contributed by atoms with van der Waals surface area (Å²) in [6.45, 7) is 8.01. The van der Waals surface area contributed by atoms with Crippen LogP contribution in [0.15, 0.2) is 213 Å². The van der Waals surface area contributed by atoms with Gasteiger partial charge >= 0.3 is 0 Å². The Kier molecular flexibility index (Phi) is 32.0. The van der Waals surface area contributed by atoms with Gasteiger partial charge in [-0.1, -0.05) is 222 Å². The van der Waals surface area contributed by atoms with Crippen molar-refractivity contribution >= 4 is 22.6 Å². The number of nitrogens with two attached hydrogens (primary N) is 3. The third-order valence-electron chi connectivity index (χ3n) is 21.7. The van der Waals surface area contributed by atoms with Gasteiger partial charge in [0.15, 0.2) is 0 Å². The summed E-state index contributed by atoms with van der Waals surface area (Å²) in [6, 6.07) is 59.8. The van der Waals surface area contributed by atoms with Crippen molar-refractivity contribution < 1.29 is 27.8 Å². The molecule has 0 radical (unpaired) electrons. The molecule has 5 heterocycles. The largest absolute Gasteiger partial charge is 0.376 e. The molecule has 106 heavy (non-hydrogen) atoms. The van der Waals surface area contributed by atoms with Crippen LogP contribution in [0.5, 0.6) is 0 Å². The van der Waals surface area contributed by atoms with Gasteiger partial charge in [0, 0.05) is 74.5 Å². The van der Waals surface area contributed by atoms with Crippen molar-refractivity contribution in [2.75, 3.05) is 32.8 Å². The summed E-state index contributed by atoms with van der Waals surface area (Å²) in [5.74, 6) is -0.200. The molecule has 4 fully saturated rings. The second-order valence-electron chi connectivity index (χ2n) is 29.5. The molecule has 7 N–H and O–H groups in total. The van der Waals surface area contributed by atoms with Gasteiger partial charge in [0.1, 0.15) is 24.3 Å². The SMILES string of the molecule is CCCNC1CCCCCCCCCCC1.N#CC[C@H]1CC([C@H](N)Cc2ccc(F)cc2)OC[C@H]1c1ccc2ccccc2c1.N[C@H](Cc1ccc(F)cc1)C(=O)N1C[C@H](OCc2ccccc2)C[C@@H]1CCn1ccnc1.N[C@H](Cc1ccccc1)C(=O)N1CCC(Cn2cncn2)(c2ccccc2)CC1. The number of nitriles is 1. The summed E-state index contributed by atoms with van der Waals surface area (Å²) in [4.78, 5) is 38.2. The van der Waals surface area contributed by atoms with Crippen molar-refractivity contribution in [3.8, 4) is 6.07 Å². The highest BCUT2D eigenvalue weighted by molar-refractivity contribution is 5.84. The van der Waals surface area contributed by atoms with Gasteiger partial charge in [-0.3, -0.25) is 14.3 Å². The number of rotatable bonds is 23. The number of nitrogens with zero attached hydrogens (tertiary/aromatic N) is 8. The number of likely N-dealkylation sites (tertiary alicyclic amines) is 2. The minimum absolute atomic E-state index is 0.0371. The van der Waals surface area contributed by atoms with Crippen LogP contribution in [0.4, 0.5) is 8.78 Å². The average molecular weight is 1440 g/mol. The highest BCUT2D eigenvalue weighted by Gasteiger charge is 2.41. The summed E-state index contributed by atoms with van der Waals surface area (Å²) in [5, 5.41) is 19.8. The minimum atomic E-state index is -0.677. The van der Waals surface area contributed by atoms with E-state index in [-0.39, 0.29) is 65.0 Å². The van der Waals surface area contributed by atoms with Crippen molar-refractivity contribution in [3.05, 3.63) is 258 Å². The van der Waals surface area contributed by atoms with Gasteiger partial charge in [-0.05, 0) is 152 Å². The third kappa shape index (κ3) is 24.9. The second kappa shape index (κ2) is 42.5. The Labute approximate surface area is 627 Å². The van der Waals surface area contributed by atoms with Gasteiger partial charge in [0.25, 0.3) is 0 Å². The number of nitrogens with one attached hydrogen (secondary N) is 1. The lowest BCUT2D eigenvalue weighted by atomic mass is 9.72. The van der Waals surface area contributed by atoms with Crippen LogP contribution in [-0.2, 0) is 63.4 Å². The van der Waals surface area contributed by atoms with Crippen LogP contribution in [-0.4, -0.2) is 121 Å². The van der Waals surface area contributed by atoms with Gasteiger partial charge in [0.05, 0.1) is 56.4 Å². The lowest BCUT2D eigenvalue weighted by molar-refractivity contribution is -0.135. The number of ether oxygens (including phenoxy) is 2. The molecule has 0 bridgehead atoms. The van der Waals surface area contributed by atoms with Crippen LogP contribution < -0.4 is 22.5 Å². The number of piperidine rings is 1. The normalized spacial score (nSPS) is 20.1. The quantitative estimate of drug-likeness (QED) is 0.0470. The maximum absolute atomic E-state index is 13.3. The summed E-state index contributed by atoms with van der Waals surface area (Å²) in [6.07, 6.45) is 32.1. The second-order valence-corrected chi connectivity index (χ2v) is 29.5. The van der Waals surface area contributed by atoms with E-state index in [9.17, 15) is 23.6 Å². The van der Waals surface area contributed by atoms with Crippen LogP contribution in [0, 0.1) is 28.9 Å². The van der Waals surface area contributed by atoms with Gasteiger partial charge in [-0.15, -0.1) is 0 Å². The molecule has 1 unspecified atom stereocenters. The number of imidazole rings is 1. The minimum Gasteiger partial charge on any atom is -0.376 e. The lowest BCUT2D eigenvalue weighted by Crippen LogP contribution is -2.52. The molecule has 8 atom stereocenters. The van der Waals surface area contributed by atoms with Crippen LogP contribution >= 0.6 is 0 Å². The first-order valence-corrected chi connectivity index (χ1v) is 38.9. The predicted octanol–water partition coefficient (Wildman–Crippen LogP) is 15.2. The van der Waals surface area contributed by atoms with Crippen molar-refractivity contribution in [1.29, 1.82) is 5.26 Å². The zero-order valence-electron chi connectivity index (χ0n) is 62.1. The van der Waals surface area contributed by atoms with Gasteiger partial charge in [-0.25, -0.2) is 18.7 Å². The Balaban J connectivity index is 0.000000155. The maximum Gasteiger partial charge on any atom is 0.240 e. The molecule has 3 saturated heterocycles. The Morgan fingerprint density at radius 1 is 0.670 bits per heavy atom. The highest BCUT2D eigenvalue weighted by atomic mass is 19.1. The first kappa shape index (κ1) is 79.8. The Bertz CT molecular complexity index is 3980. The summed E-state index contributed by atoms with van der Waals surface area (Å²) in [5.41, 5.74) is 25.5. The Morgan fingerprint density at radius 3 is 1.86 bits per heavy atom. The number of aryl methyl sites for hydroxylation is 1. The van der Waals surface area contributed by atoms with E-state index in [1.54, 1.807) is 49.4 Å². The fourth-order valence-corrected chi connectivity index (χ4v) is 15.6. The van der Waals surface area contributed by atoms with Gasteiger partial charge in [-0.2, -0.15) is 10.4 Å². The Morgan fingerprint density at radius 2 is 1.25 bits per heavy atom. The zero-order valence-corrected chi connectivity index (χ0v) is 62.1. The topological polar surface area (TPSA) is 221 Å². The van der Waals surface area contributed by atoms with E-state index in [1.807, 2.05) is 104 Å². The van der Waals surface area contributed by atoms with Crippen molar-refractivity contribution in [3.63, 3.8) is 0 Å². The van der Waals surface area contributed by atoms with Crippen LogP contribution in [0.3, 0.4) is 0 Å². The van der Waals surface area contributed by atoms with E-state index in [4.69, 9.17) is 26.7 Å². The number of benzene rings is 7. The summed E-state index contributed by atoms with van der Waals surface area (Å²) < 4.78 is 42.6. The molecular formula is C88H112F2N12O4. The summed E-state index contributed by atoms with van der Waals surface area (Å²) >= 11 is 0.